The largest absolute Gasteiger partial charge is 0.416 e. The maximum absolute atomic E-state index is 13.0. The molecule has 1 unspecified atom stereocenters. The first-order valence-electron chi connectivity index (χ1n) is 6.90. The standard InChI is InChI=1S/C15H20F3N/c1-11(19-12-7-3-2-4-8-12)13-9-5-6-10-14(13)15(16,17)18/h5-6,9-12,19H,2-4,7-8H2,1H3. The third-order valence-electron chi connectivity index (χ3n) is 3.82. The van der Waals surface area contributed by atoms with Crippen LogP contribution < -0.4 is 5.32 Å². The molecule has 0 amide bonds. The first kappa shape index (κ1) is 14.4. The van der Waals surface area contributed by atoms with E-state index in [1.807, 2.05) is 6.92 Å². The Bertz CT molecular complexity index is 408. The van der Waals surface area contributed by atoms with Crippen LogP contribution in [0.25, 0.3) is 0 Å². The van der Waals surface area contributed by atoms with Gasteiger partial charge in [0.2, 0.25) is 0 Å². The molecule has 0 saturated heterocycles. The molecule has 1 atom stereocenters. The molecule has 1 fully saturated rings. The van der Waals surface area contributed by atoms with Crippen LogP contribution in [0.15, 0.2) is 24.3 Å². The molecule has 1 N–H and O–H groups in total. The fourth-order valence-electron chi connectivity index (χ4n) is 2.85. The van der Waals surface area contributed by atoms with Gasteiger partial charge in [-0.15, -0.1) is 0 Å². The average Bonchev–Trinajstić information content (AvgIpc) is 2.39. The molecule has 4 heteroatoms. The van der Waals surface area contributed by atoms with Crippen LogP contribution in [0.3, 0.4) is 0 Å². The Kier molecular flexibility index (Phi) is 4.50. The van der Waals surface area contributed by atoms with E-state index in [1.54, 1.807) is 12.1 Å². The number of benzene rings is 1. The monoisotopic (exact) mass is 271 g/mol. The summed E-state index contributed by atoms with van der Waals surface area (Å²) in [6.45, 7) is 1.82. The molecular weight excluding hydrogens is 251 g/mol. The normalized spacial score (nSPS) is 19.4. The molecular formula is C15H20F3N. The molecule has 2 rings (SSSR count). The molecule has 0 heterocycles. The fraction of sp³-hybridized carbons (Fsp3) is 0.600. The highest BCUT2D eigenvalue weighted by Crippen LogP contribution is 2.34. The minimum absolute atomic E-state index is 0.263. The maximum Gasteiger partial charge on any atom is 0.416 e. The van der Waals surface area contributed by atoms with Crippen molar-refractivity contribution in [2.24, 2.45) is 0 Å². The summed E-state index contributed by atoms with van der Waals surface area (Å²) >= 11 is 0. The number of rotatable bonds is 3. The minimum atomic E-state index is -4.28. The summed E-state index contributed by atoms with van der Waals surface area (Å²) in [6, 6.07) is 5.94. The number of hydrogen-bond donors (Lipinski definition) is 1. The molecule has 1 aromatic carbocycles. The van der Waals surface area contributed by atoms with Gasteiger partial charge in [-0.1, -0.05) is 37.5 Å². The number of alkyl halides is 3. The predicted octanol–water partition coefficient (Wildman–Crippen LogP) is 4.69. The lowest BCUT2D eigenvalue weighted by atomic mass is 9.93. The van der Waals surface area contributed by atoms with Gasteiger partial charge in [0.25, 0.3) is 0 Å². The highest BCUT2D eigenvalue weighted by Gasteiger charge is 2.34. The zero-order valence-electron chi connectivity index (χ0n) is 11.1. The van der Waals surface area contributed by atoms with Gasteiger partial charge in [-0.2, -0.15) is 13.2 Å². The van der Waals surface area contributed by atoms with Crippen molar-refractivity contribution >= 4 is 0 Å². The van der Waals surface area contributed by atoms with Gasteiger partial charge >= 0.3 is 6.18 Å². The van der Waals surface area contributed by atoms with Crippen molar-refractivity contribution in [2.75, 3.05) is 0 Å². The van der Waals surface area contributed by atoms with E-state index in [2.05, 4.69) is 5.32 Å². The molecule has 106 valence electrons. The van der Waals surface area contributed by atoms with E-state index in [-0.39, 0.29) is 6.04 Å². The van der Waals surface area contributed by atoms with Gasteiger partial charge in [-0.05, 0) is 31.4 Å². The third kappa shape index (κ3) is 3.72. The van der Waals surface area contributed by atoms with E-state index in [9.17, 15) is 13.2 Å². The Hall–Kier alpha value is -1.03. The van der Waals surface area contributed by atoms with E-state index in [0.29, 0.717) is 11.6 Å². The lowest BCUT2D eigenvalue weighted by Crippen LogP contribution is -2.34. The van der Waals surface area contributed by atoms with Crippen molar-refractivity contribution in [2.45, 2.75) is 57.3 Å². The Morgan fingerprint density at radius 2 is 1.74 bits per heavy atom. The maximum atomic E-state index is 13.0. The molecule has 0 radical (unpaired) electrons. The number of hydrogen-bond acceptors (Lipinski definition) is 1. The van der Waals surface area contributed by atoms with E-state index >= 15 is 0 Å². The molecule has 0 bridgehead atoms. The van der Waals surface area contributed by atoms with Crippen molar-refractivity contribution in [3.05, 3.63) is 35.4 Å². The number of nitrogens with one attached hydrogen (secondary N) is 1. The molecule has 0 aliphatic heterocycles. The lowest BCUT2D eigenvalue weighted by molar-refractivity contribution is -0.138. The average molecular weight is 271 g/mol. The van der Waals surface area contributed by atoms with Gasteiger partial charge in [-0.3, -0.25) is 0 Å². The van der Waals surface area contributed by atoms with E-state index in [1.165, 1.54) is 25.3 Å². The summed E-state index contributed by atoms with van der Waals surface area (Å²) in [5, 5.41) is 3.35. The van der Waals surface area contributed by atoms with Crippen LogP contribution in [-0.2, 0) is 6.18 Å². The van der Waals surface area contributed by atoms with E-state index in [4.69, 9.17) is 0 Å². The van der Waals surface area contributed by atoms with E-state index in [0.717, 1.165) is 18.9 Å². The highest BCUT2D eigenvalue weighted by atomic mass is 19.4. The van der Waals surface area contributed by atoms with Gasteiger partial charge < -0.3 is 5.32 Å². The highest BCUT2D eigenvalue weighted by molar-refractivity contribution is 5.32. The zero-order chi connectivity index (χ0) is 13.9. The molecule has 1 nitrogen and oxygen atoms in total. The van der Waals surface area contributed by atoms with Crippen molar-refractivity contribution < 1.29 is 13.2 Å². The molecule has 0 spiro atoms. The van der Waals surface area contributed by atoms with Crippen LogP contribution in [0.2, 0.25) is 0 Å². The lowest BCUT2D eigenvalue weighted by Gasteiger charge is -2.28. The van der Waals surface area contributed by atoms with Crippen molar-refractivity contribution in [3.8, 4) is 0 Å². The van der Waals surface area contributed by atoms with Gasteiger partial charge in [0, 0.05) is 12.1 Å². The first-order valence-corrected chi connectivity index (χ1v) is 6.90. The quantitative estimate of drug-likeness (QED) is 0.841. The second-order valence-corrected chi connectivity index (χ2v) is 5.31. The van der Waals surface area contributed by atoms with Crippen LogP contribution in [0, 0.1) is 0 Å². The third-order valence-corrected chi connectivity index (χ3v) is 3.82. The predicted molar refractivity (Wildman–Crippen MR) is 69.9 cm³/mol. The Morgan fingerprint density at radius 3 is 2.37 bits per heavy atom. The van der Waals surface area contributed by atoms with Gasteiger partial charge in [-0.25, -0.2) is 0 Å². The molecule has 1 aliphatic carbocycles. The van der Waals surface area contributed by atoms with Crippen LogP contribution in [-0.4, -0.2) is 6.04 Å². The zero-order valence-corrected chi connectivity index (χ0v) is 11.1. The summed E-state index contributed by atoms with van der Waals surface area (Å²) < 4.78 is 38.9. The summed E-state index contributed by atoms with van der Waals surface area (Å²) in [5.41, 5.74) is -0.175. The second-order valence-electron chi connectivity index (χ2n) is 5.31. The summed E-state index contributed by atoms with van der Waals surface area (Å²) in [7, 11) is 0. The molecule has 1 aliphatic rings. The Morgan fingerprint density at radius 1 is 1.11 bits per heavy atom. The van der Waals surface area contributed by atoms with Crippen LogP contribution >= 0.6 is 0 Å². The molecule has 0 aromatic heterocycles. The van der Waals surface area contributed by atoms with Crippen LogP contribution in [0.1, 0.15) is 56.2 Å². The minimum Gasteiger partial charge on any atom is -0.307 e. The topological polar surface area (TPSA) is 12.0 Å². The fourth-order valence-corrected chi connectivity index (χ4v) is 2.85. The summed E-state index contributed by atoms with van der Waals surface area (Å²) in [6.07, 6.45) is 1.44. The smallest absolute Gasteiger partial charge is 0.307 e. The second kappa shape index (κ2) is 5.95. The van der Waals surface area contributed by atoms with Crippen molar-refractivity contribution in [1.82, 2.24) is 5.32 Å². The van der Waals surface area contributed by atoms with Gasteiger partial charge in [0.1, 0.15) is 0 Å². The first-order chi connectivity index (χ1) is 8.98. The van der Waals surface area contributed by atoms with E-state index < -0.39 is 11.7 Å². The molecule has 19 heavy (non-hydrogen) atoms. The SMILES string of the molecule is CC(NC1CCCCC1)c1ccccc1C(F)(F)F. The van der Waals surface area contributed by atoms with Crippen molar-refractivity contribution in [3.63, 3.8) is 0 Å². The Labute approximate surface area is 112 Å². The number of halogens is 3. The molecule has 1 saturated carbocycles. The molecule has 1 aromatic rings. The Balaban J connectivity index is 2.12. The van der Waals surface area contributed by atoms with Gasteiger partial charge in [0.05, 0.1) is 5.56 Å². The van der Waals surface area contributed by atoms with Gasteiger partial charge in [0.15, 0.2) is 0 Å². The summed E-state index contributed by atoms with van der Waals surface area (Å²) in [4.78, 5) is 0. The summed E-state index contributed by atoms with van der Waals surface area (Å²) in [5.74, 6) is 0. The van der Waals surface area contributed by atoms with Crippen LogP contribution in [0.5, 0.6) is 0 Å². The van der Waals surface area contributed by atoms with Crippen molar-refractivity contribution in [1.29, 1.82) is 0 Å². The van der Waals surface area contributed by atoms with Crippen LogP contribution in [0.4, 0.5) is 13.2 Å².